The predicted molar refractivity (Wildman–Crippen MR) is 106 cm³/mol. The second-order valence-electron chi connectivity index (χ2n) is 5.56. The fraction of sp³-hybridized carbons (Fsp3) is 0.263. The Morgan fingerprint density at radius 1 is 1.04 bits per heavy atom. The van der Waals surface area contributed by atoms with E-state index in [1.54, 1.807) is 53.8 Å². The normalized spacial score (nSPS) is 11.1. The van der Waals surface area contributed by atoms with Gasteiger partial charge in [-0.25, -0.2) is 4.79 Å². The van der Waals surface area contributed by atoms with Gasteiger partial charge in [0.25, 0.3) is 0 Å². The van der Waals surface area contributed by atoms with Crippen molar-refractivity contribution < 1.29 is 18.0 Å². The van der Waals surface area contributed by atoms with Crippen molar-refractivity contribution in [1.82, 2.24) is 14.5 Å². The first-order valence-corrected chi connectivity index (χ1v) is 9.35. The molecule has 3 aromatic rings. The van der Waals surface area contributed by atoms with Crippen molar-refractivity contribution in [2.24, 2.45) is 0 Å². The van der Waals surface area contributed by atoms with E-state index in [0.29, 0.717) is 16.7 Å². The maximum absolute atomic E-state index is 12.8. The Kier molecular flexibility index (Phi) is 7.06. The van der Waals surface area contributed by atoms with Crippen molar-refractivity contribution in [3.63, 3.8) is 0 Å². The molecule has 150 valence electrons. The van der Waals surface area contributed by atoms with Gasteiger partial charge >= 0.3 is 11.9 Å². The number of halogens is 4. The second-order valence-corrected chi connectivity index (χ2v) is 6.48. The zero-order valence-electron chi connectivity index (χ0n) is 15.3. The Balaban J connectivity index is 0.00000136. The molecule has 0 aliphatic rings. The lowest BCUT2D eigenvalue weighted by atomic mass is 10.3. The summed E-state index contributed by atoms with van der Waals surface area (Å²) in [5, 5.41) is 1.78. The Labute approximate surface area is 167 Å². The molecule has 0 bridgehead atoms. The standard InChI is InChI=1S/C17H13BrF3N3O2.C2H6/c18-11-5-7-12(8-6-11)24-14-4-2-1-3-13(14)23(16(24)26)9-15(25)22-10-17(19,20)21;1-2/h1-8H,9-10H2,(H,22,25);1-2H3. The molecule has 0 fully saturated rings. The highest BCUT2D eigenvalue weighted by Gasteiger charge is 2.28. The van der Waals surface area contributed by atoms with Crippen LogP contribution < -0.4 is 11.0 Å². The van der Waals surface area contributed by atoms with Gasteiger partial charge in [0.15, 0.2) is 0 Å². The summed E-state index contributed by atoms with van der Waals surface area (Å²) in [6.45, 7) is 2.06. The van der Waals surface area contributed by atoms with Gasteiger partial charge in [0.05, 0.1) is 16.7 Å². The predicted octanol–water partition coefficient (Wildman–Crippen LogP) is 4.26. The van der Waals surface area contributed by atoms with Crippen LogP contribution in [0.4, 0.5) is 13.2 Å². The van der Waals surface area contributed by atoms with Gasteiger partial charge in [-0.15, -0.1) is 0 Å². The number of alkyl halides is 3. The lowest BCUT2D eigenvalue weighted by molar-refractivity contribution is -0.138. The van der Waals surface area contributed by atoms with E-state index in [9.17, 15) is 22.8 Å². The first-order valence-electron chi connectivity index (χ1n) is 8.56. The van der Waals surface area contributed by atoms with Crippen molar-refractivity contribution in [3.05, 3.63) is 63.5 Å². The number of aromatic nitrogens is 2. The maximum Gasteiger partial charge on any atom is 0.405 e. The van der Waals surface area contributed by atoms with Gasteiger partial charge in [-0.1, -0.05) is 41.9 Å². The summed E-state index contributed by atoms with van der Waals surface area (Å²) >= 11 is 3.32. The van der Waals surface area contributed by atoms with E-state index in [1.165, 1.54) is 4.57 Å². The average Bonchev–Trinajstić information content (AvgIpc) is 2.94. The van der Waals surface area contributed by atoms with Crippen LogP contribution >= 0.6 is 15.9 Å². The SMILES string of the molecule is CC.O=C(Cn1c(=O)n(-c2ccc(Br)cc2)c2ccccc21)NCC(F)(F)F. The monoisotopic (exact) mass is 457 g/mol. The van der Waals surface area contributed by atoms with Gasteiger partial charge in [-0.3, -0.25) is 13.9 Å². The third-order valence-corrected chi connectivity index (χ3v) is 4.24. The summed E-state index contributed by atoms with van der Waals surface area (Å²) in [4.78, 5) is 24.7. The molecule has 1 aromatic heterocycles. The van der Waals surface area contributed by atoms with Gasteiger partial charge in [-0.05, 0) is 36.4 Å². The van der Waals surface area contributed by atoms with Gasteiger partial charge in [0.2, 0.25) is 5.91 Å². The number of amides is 1. The van der Waals surface area contributed by atoms with Crippen molar-refractivity contribution >= 4 is 32.9 Å². The lowest BCUT2D eigenvalue weighted by Crippen LogP contribution is -2.37. The fourth-order valence-corrected chi connectivity index (χ4v) is 2.86. The summed E-state index contributed by atoms with van der Waals surface area (Å²) in [6, 6.07) is 13.8. The molecule has 3 rings (SSSR count). The van der Waals surface area contributed by atoms with E-state index in [4.69, 9.17) is 0 Å². The number of benzene rings is 2. The van der Waals surface area contributed by atoms with Crippen LogP contribution in [0.5, 0.6) is 0 Å². The summed E-state index contributed by atoms with van der Waals surface area (Å²) < 4.78 is 40.2. The Morgan fingerprint density at radius 3 is 2.18 bits per heavy atom. The number of nitrogens with one attached hydrogen (secondary N) is 1. The topological polar surface area (TPSA) is 56.0 Å². The van der Waals surface area contributed by atoms with Crippen molar-refractivity contribution in [2.45, 2.75) is 26.6 Å². The number of hydrogen-bond donors (Lipinski definition) is 1. The molecule has 2 aromatic carbocycles. The highest BCUT2D eigenvalue weighted by molar-refractivity contribution is 9.10. The zero-order valence-corrected chi connectivity index (χ0v) is 16.8. The number of rotatable bonds is 4. The number of nitrogens with zero attached hydrogens (tertiary/aromatic N) is 2. The smallest absolute Gasteiger partial charge is 0.345 e. The molecule has 28 heavy (non-hydrogen) atoms. The number of para-hydroxylation sites is 2. The third kappa shape index (κ3) is 5.03. The molecule has 9 heteroatoms. The first-order chi connectivity index (χ1) is 13.3. The Bertz CT molecular complexity index is 1010. The summed E-state index contributed by atoms with van der Waals surface area (Å²) in [6.07, 6.45) is -4.51. The number of carbonyl (C=O) groups is 1. The number of carbonyl (C=O) groups excluding carboxylic acids is 1. The van der Waals surface area contributed by atoms with Crippen LogP contribution in [0.15, 0.2) is 57.8 Å². The third-order valence-electron chi connectivity index (χ3n) is 3.71. The molecule has 0 radical (unpaired) electrons. The molecule has 5 nitrogen and oxygen atoms in total. The van der Waals surface area contributed by atoms with Gasteiger partial charge < -0.3 is 5.32 Å². The van der Waals surface area contributed by atoms with Crippen molar-refractivity contribution in [1.29, 1.82) is 0 Å². The van der Waals surface area contributed by atoms with Crippen LogP contribution in [0.25, 0.3) is 16.7 Å². The van der Waals surface area contributed by atoms with Gasteiger partial charge in [-0.2, -0.15) is 13.2 Å². The first kappa shape index (κ1) is 21.7. The van der Waals surface area contributed by atoms with Crippen LogP contribution in [0.2, 0.25) is 0 Å². The summed E-state index contributed by atoms with van der Waals surface area (Å²) in [5.74, 6) is -0.886. The number of imidazole rings is 1. The molecule has 0 spiro atoms. The van der Waals surface area contributed by atoms with E-state index in [-0.39, 0.29) is 0 Å². The van der Waals surface area contributed by atoms with E-state index in [1.807, 2.05) is 13.8 Å². The van der Waals surface area contributed by atoms with Crippen LogP contribution in [0.3, 0.4) is 0 Å². The van der Waals surface area contributed by atoms with E-state index >= 15 is 0 Å². The highest BCUT2D eigenvalue weighted by Crippen LogP contribution is 2.19. The van der Waals surface area contributed by atoms with E-state index in [0.717, 1.165) is 9.04 Å². The number of fused-ring (bicyclic) bond motifs is 1. The lowest BCUT2D eigenvalue weighted by Gasteiger charge is -2.08. The van der Waals surface area contributed by atoms with Crippen LogP contribution in [-0.2, 0) is 11.3 Å². The zero-order chi connectivity index (χ0) is 20.9. The molecular weight excluding hydrogens is 439 g/mol. The minimum atomic E-state index is -4.51. The molecule has 0 unspecified atom stereocenters. The number of hydrogen-bond acceptors (Lipinski definition) is 2. The van der Waals surface area contributed by atoms with Crippen molar-refractivity contribution in [2.75, 3.05) is 6.54 Å². The van der Waals surface area contributed by atoms with Crippen LogP contribution in [-0.4, -0.2) is 27.8 Å². The molecular formula is C19H19BrF3N3O2. The van der Waals surface area contributed by atoms with E-state index in [2.05, 4.69) is 15.9 Å². The van der Waals surface area contributed by atoms with Gasteiger partial charge in [0, 0.05) is 4.47 Å². The van der Waals surface area contributed by atoms with Crippen molar-refractivity contribution in [3.8, 4) is 5.69 Å². The van der Waals surface area contributed by atoms with Gasteiger partial charge in [0.1, 0.15) is 13.1 Å². The largest absolute Gasteiger partial charge is 0.405 e. The van der Waals surface area contributed by atoms with E-state index < -0.39 is 30.9 Å². The molecule has 0 saturated heterocycles. The second kappa shape index (κ2) is 9.09. The molecule has 0 aliphatic carbocycles. The minimum absolute atomic E-state index is 0.461. The summed E-state index contributed by atoms with van der Waals surface area (Å²) in [7, 11) is 0. The van der Waals surface area contributed by atoms with Crippen LogP contribution in [0, 0.1) is 0 Å². The molecule has 0 atom stereocenters. The average molecular weight is 458 g/mol. The molecule has 1 heterocycles. The fourth-order valence-electron chi connectivity index (χ4n) is 2.60. The molecule has 0 aliphatic heterocycles. The quantitative estimate of drug-likeness (QED) is 0.636. The highest BCUT2D eigenvalue weighted by atomic mass is 79.9. The minimum Gasteiger partial charge on any atom is -0.345 e. The maximum atomic E-state index is 12.8. The molecule has 1 amide bonds. The Morgan fingerprint density at radius 2 is 1.61 bits per heavy atom. The Hall–Kier alpha value is -2.55. The molecule has 0 saturated carbocycles. The molecule has 1 N–H and O–H groups in total. The summed E-state index contributed by atoms with van der Waals surface area (Å²) in [5.41, 5.74) is 1.10. The van der Waals surface area contributed by atoms with Crippen LogP contribution in [0.1, 0.15) is 13.8 Å².